The highest BCUT2D eigenvalue weighted by atomic mass is 35.5. The molecule has 0 amide bonds. The Labute approximate surface area is 122 Å². The Bertz CT molecular complexity index is 477. The first-order chi connectivity index (χ1) is 8.74. The summed E-state index contributed by atoms with van der Waals surface area (Å²) in [6.07, 6.45) is 1.11. The smallest absolute Gasteiger partial charge is 0.0749 e. The Morgan fingerprint density at radius 3 is 1.63 bits per heavy atom. The summed E-state index contributed by atoms with van der Waals surface area (Å²) in [7, 11) is 0. The van der Waals surface area contributed by atoms with Gasteiger partial charge in [-0.3, -0.25) is 0 Å². The summed E-state index contributed by atoms with van der Waals surface area (Å²) in [5, 5.41) is 0. The molecule has 0 heterocycles. The lowest BCUT2D eigenvalue weighted by atomic mass is 9.84. The van der Waals surface area contributed by atoms with Gasteiger partial charge in [0.05, 0.1) is 6.54 Å². The average molecular weight is 276 g/mol. The van der Waals surface area contributed by atoms with Crippen molar-refractivity contribution in [3.63, 3.8) is 0 Å². The van der Waals surface area contributed by atoms with Crippen LogP contribution >= 0.6 is 0 Å². The van der Waals surface area contributed by atoms with Crippen molar-refractivity contribution in [3.8, 4) is 0 Å². The van der Waals surface area contributed by atoms with Gasteiger partial charge < -0.3 is 18.1 Å². The summed E-state index contributed by atoms with van der Waals surface area (Å²) in [5.41, 5.74) is 9.66. The van der Waals surface area contributed by atoms with Crippen molar-refractivity contribution in [2.75, 3.05) is 6.54 Å². The van der Waals surface area contributed by atoms with E-state index in [1.165, 1.54) is 22.3 Å². The normalized spacial score (nSPS) is 10.3. The quantitative estimate of drug-likeness (QED) is 0.818. The van der Waals surface area contributed by atoms with E-state index in [2.05, 4.69) is 68.1 Å². The molecule has 1 nitrogen and oxygen atoms in total. The van der Waals surface area contributed by atoms with Crippen LogP contribution in [0.4, 0.5) is 0 Å². The maximum absolute atomic E-state index is 4.04. The molecule has 0 unspecified atom stereocenters. The van der Waals surface area contributed by atoms with Crippen molar-refractivity contribution in [2.24, 2.45) is 0 Å². The third-order valence-electron chi connectivity index (χ3n) is 3.62. The number of aryl methyl sites for hydroxylation is 2. The maximum Gasteiger partial charge on any atom is 0.0749 e. The zero-order valence-electron chi connectivity index (χ0n) is 11.7. The molecule has 0 aliphatic rings. The molecule has 0 saturated carbocycles. The van der Waals surface area contributed by atoms with E-state index in [4.69, 9.17) is 0 Å². The van der Waals surface area contributed by atoms with Crippen LogP contribution in [0.2, 0.25) is 0 Å². The Kier molecular flexibility index (Phi) is 6.07. The fourth-order valence-electron chi connectivity index (χ4n) is 2.64. The van der Waals surface area contributed by atoms with E-state index >= 15 is 0 Å². The molecule has 0 aromatic heterocycles. The molecule has 0 aliphatic carbocycles. The predicted molar refractivity (Wildman–Crippen MR) is 76.6 cm³/mol. The minimum atomic E-state index is 0. The minimum absolute atomic E-state index is 0. The lowest BCUT2D eigenvalue weighted by Gasteiger charge is -2.20. The second-order valence-electron chi connectivity index (χ2n) is 4.91. The van der Waals surface area contributed by atoms with Crippen LogP contribution in [0.3, 0.4) is 0 Å². The van der Waals surface area contributed by atoms with E-state index in [-0.39, 0.29) is 12.4 Å². The molecule has 102 valence electrons. The highest BCUT2D eigenvalue weighted by molar-refractivity contribution is 5.40. The van der Waals surface area contributed by atoms with Crippen LogP contribution in [0.25, 0.3) is 0 Å². The van der Waals surface area contributed by atoms with Crippen molar-refractivity contribution in [1.82, 2.24) is 0 Å². The van der Waals surface area contributed by atoms with E-state index in [0.717, 1.165) is 13.0 Å². The number of quaternary nitrogens is 1. The van der Waals surface area contributed by atoms with Crippen molar-refractivity contribution in [2.45, 2.75) is 26.2 Å². The van der Waals surface area contributed by atoms with Gasteiger partial charge in [-0.05, 0) is 36.1 Å². The zero-order chi connectivity index (χ0) is 13.0. The van der Waals surface area contributed by atoms with E-state index in [9.17, 15) is 0 Å². The summed E-state index contributed by atoms with van der Waals surface area (Å²) < 4.78 is 0. The third kappa shape index (κ3) is 3.59. The van der Waals surface area contributed by atoms with E-state index in [1.54, 1.807) is 0 Å². The van der Waals surface area contributed by atoms with E-state index < -0.39 is 0 Å². The Morgan fingerprint density at radius 1 is 0.842 bits per heavy atom. The molecule has 0 fully saturated rings. The molecule has 0 bridgehead atoms. The molecular weight excluding hydrogens is 254 g/mol. The summed E-state index contributed by atoms with van der Waals surface area (Å²) in [6.45, 7) is 5.36. The molecule has 3 N–H and O–H groups in total. The number of benzene rings is 2. The van der Waals surface area contributed by atoms with Crippen molar-refractivity contribution < 1.29 is 18.1 Å². The molecule has 0 aliphatic heterocycles. The summed E-state index contributed by atoms with van der Waals surface area (Å²) in [4.78, 5) is 0. The maximum atomic E-state index is 4.04. The lowest BCUT2D eigenvalue weighted by Crippen LogP contribution is -3.00. The Balaban J connectivity index is 0.00000180. The van der Waals surface area contributed by atoms with Crippen molar-refractivity contribution in [3.05, 3.63) is 70.8 Å². The predicted octanol–water partition coefficient (Wildman–Crippen LogP) is 0.0713. The number of rotatable bonds is 4. The van der Waals surface area contributed by atoms with Gasteiger partial charge in [0.15, 0.2) is 0 Å². The Hall–Kier alpha value is -1.31. The van der Waals surface area contributed by atoms with Gasteiger partial charge in [0, 0.05) is 12.3 Å². The van der Waals surface area contributed by atoms with Crippen LogP contribution in [0.15, 0.2) is 48.5 Å². The number of hydrogen-bond acceptors (Lipinski definition) is 0. The highest BCUT2D eigenvalue weighted by Gasteiger charge is 2.17. The van der Waals surface area contributed by atoms with Crippen molar-refractivity contribution >= 4 is 0 Å². The molecule has 0 saturated heterocycles. The lowest BCUT2D eigenvalue weighted by molar-refractivity contribution is -0.368. The summed E-state index contributed by atoms with van der Waals surface area (Å²) in [5.74, 6) is 0.477. The minimum Gasteiger partial charge on any atom is -1.00 e. The van der Waals surface area contributed by atoms with Crippen LogP contribution < -0.4 is 18.1 Å². The van der Waals surface area contributed by atoms with Gasteiger partial charge in [-0.15, -0.1) is 0 Å². The van der Waals surface area contributed by atoms with Crippen LogP contribution in [0.5, 0.6) is 0 Å². The fraction of sp³-hybridized carbons (Fsp3) is 0.294. The molecular formula is C17H22ClN. The molecule has 19 heavy (non-hydrogen) atoms. The van der Waals surface area contributed by atoms with Gasteiger partial charge in [-0.2, -0.15) is 0 Å². The third-order valence-corrected chi connectivity index (χ3v) is 3.62. The highest BCUT2D eigenvalue weighted by Crippen LogP contribution is 2.31. The monoisotopic (exact) mass is 275 g/mol. The van der Waals surface area contributed by atoms with E-state index in [1.807, 2.05) is 0 Å². The van der Waals surface area contributed by atoms with Crippen LogP contribution in [-0.4, -0.2) is 6.54 Å². The van der Waals surface area contributed by atoms with Gasteiger partial charge in [0.25, 0.3) is 0 Å². The molecule has 2 rings (SSSR count). The standard InChI is InChI=1S/C17H21N.ClH/c1-13-7-3-5-9-15(13)17(11-12-18)16-10-6-4-8-14(16)2;/h3-10,17H,11-12,18H2,1-2H3;1H. The average Bonchev–Trinajstić information content (AvgIpc) is 2.38. The van der Waals surface area contributed by atoms with Crippen LogP contribution in [0.1, 0.15) is 34.6 Å². The summed E-state index contributed by atoms with van der Waals surface area (Å²) >= 11 is 0. The van der Waals surface area contributed by atoms with Gasteiger partial charge in [-0.25, -0.2) is 0 Å². The van der Waals surface area contributed by atoms with Gasteiger partial charge >= 0.3 is 0 Å². The first kappa shape index (κ1) is 15.7. The first-order valence-electron chi connectivity index (χ1n) is 6.64. The second kappa shape index (κ2) is 7.32. The molecule has 0 spiro atoms. The van der Waals surface area contributed by atoms with E-state index in [0.29, 0.717) is 5.92 Å². The number of hydrogen-bond donors (Lipinski definition) is 1. The number of halogens is 1. The van der Waals surface area contributed by atoms with Crippen molar-refractivity contribution in [1.29, 1.82) is 0 Å². The molecule has 0 radical (unpaired) electrons. The SMILES string of the molecule is Cc1ccccc1C(CC[NH3+])c1ccccc1C.[Cl-]. The fourth-order valence-corrected chi connectivity index (χ4v) is 2.64. The Morgan fingerprint density at radius 2 is 1.26 bits per heavy atom. The van der Waals surface area contributed by atoms with Gasteiger partial charge in [0.1, 0.15) is 0 Å². The van der Waals surface area contributed by atoms with Crippen LogP contribution in [0, 0.1) is 13.8 Å². The molecule has 2 aromatic rings. The van der Waals surface area contributed by atoms with Gasteiger partial charge in [0.2, 0.25) is 0 Å². The van der Waals surface area contributed by atoms with Gasteiger partial charge in [-0.1, -0.05) is 48.5 Å². The molecule has 2 aromatic carbocycles. The molecule has 0 atom stereocenters. The zero-order valence-corrected chi connectivity index (χ0v) is 12.5. The first-order valence-corrected chi connectivity index (χ1v) is 6.64. The van der Waals surface area contributed by atoms with Crippen LogP contribution in [-0.2, 0) is 0 Å². The summed E-state index contributed by atoms with van der Waals surface area (Å²) in [6, 6.07) is 17.4. The largest absolute Gasteiger partial charge is 1.00 e. The second-order valence-corrected chi connectivity index (χ2v) is 4.91. The topological polar surface area (TPSA) is 27.6 Å². The molecule has 2 heteroatoms.